The molecule has 2 fully saturated rings. The largest absolute Gasteiger partial charge is 0.340 e. The Morgan fingerprint density at radius 3 is 2.30 bits per heavy atom. The van der Waals surface area contributed by atoms with Gasteiger partial charge in [-0.2, -0.15) is 4.98 Å². The number of amides is 1. The summed E-state index contributed by atoms with van der Waals surface area (Å²) in [5.74, 6) is 1.68. The molecule has 3 aromatic rings. The van der Waals surface area contributed by atoms with Crippen LogP contribution in [-0.2, 0) is 17.8 Å². The summed E-state index contributed by atoms with van der Waals surface area (Å²) in [5.41, 5.74) is 3.05. The van der Waals surface area contributed by atoms with Crippen LogP contribution in [0.25, 0.3) is 11.4 Å². The molecule has 1 aromatic heterocycles. The summed E-state index contributed by atoms with van der Waals surface area (Å²) in [6.07, 6.45) is 5.10. The Bertz CT molecular complexity index is 1070. The maximum Gasteiger partial charge on any atom is 0.230 e. The number of piperazine rings is 1. The van der Waals surface area contributed by atoms with Crippen molar-refractivity contribution in [2.45, 2.75) is 44.6 Å². The molecule has 5 rings (SSSR count). The summed E-state index contributed by atoms with van der Waals surface area (Å²) in [6, 6.07) is 14.5. The van der Waals surface area contributed by atoms with E-state index in [0.717, 1.165) is 49.5 Å². The zero-order valence-corrected chi connectivity index (χ0v) is 18.8. The van der Waals surface area contributed by atoms with Crippen LogP contribution in [0.2, 0.25) is 0 Å². The number of benzene rings is 2. The third-order valence-corrected chi connectivity index (χ3v) is 6.76. The lowest BCUT2D eigenvalue weighted by Crippen LogP contribution is -2.48. The second-order valence-corrected chi connectivity index (χ2v) is 9.09. The molecular formula is C26H29FN4O2. The number of halogens is 1. The fraction of sp³-hybridized carbons (Fsp3) is 0.423. The highest BCUT2D eigenvalue weighted by Crippen LogP contribution is 2.33. The van der Waals surface area contributed by atoms with Crippen LogP contribution in [0.4, 0.5) is 4.39 Å². The third kappa shape index (κ3) is 5.30. The molecule has 2 aromatic carbocycles. The number of rotatable bonds is 6. The Morgan fingerprint density at radius 2 is 1.61 bits per heavy atom. The molecule has 33 heavy (non-hydrogen) atoms. The lowest BCUT2D eigenvalue weighted by molar-refractivity contribution is -0.132. The molecule has 0 bridgehead atoms. The predicted molar refractivity (Wildman–Crippen MR) is 123 cm³/mol. The van der Waals surface area contributed by atoms with Crippen LogP contribution < -0.4 is 0 Å². The molecule has 0 N–H and O–H groups in total. The monoisotopic (exact) mass is 448 g/mol. The summed E-state index contributed by atoms with van der Waals surface area (Å²) in [5, 5.41) is 4.18. The van der Waals surface area contributed by atoms with E-state index in [1.54, 1.807) is 12.1 Å². The Hall–Kier alpha value is -3.06. The Labute approximate surface area is 193 Å². The highest BCUT2D eigenvalue weighted by molar-refractivity contribution is 5.78. The first-order chi connectivity index (χ1) is 16.1. The number of hydrogen-bond acceptors (Lipinski definition) is 5. The van der Waals surface area contributed by atoms with Gasteiger partial charge in [0.15, 0.2) is 0 Å². The molecule has 0 spiro atoms. The summed E-state index contributed by atoms with van der Waals surface area (Å²) >= 11 is 0. The highest BCUT2D eigenvalue weighted by atomic mass is 19.1. The van der Waals surface area contributed by atoms with Gasteiger partial charge in [-0.25, -0.2) is 4.39 Å². The molecule has 172 valence electrons. The maximum absolute atomic E-state index is 13.1. The molecule has 0 unspecified atom stereocenters. The van der Waals surface area contributed by atoms with Gasteiger partial charge in [0.05, 0.1) is 6.42 Å². The van der Waals surface area contributed by atoms with Crippen molar-refractivity contribution in [1.82, 2.24) is 19.9 Å². The van der Waals surface area contributed by atoms with E-state index in [1.807, 2.05) is 4.90 Å². The molecule has 1 aliphatic carbocycles. The molecule has 1 saturated heterocycles. The van der Waals surface area contributed by atoms with Crippen molar-refractivity contribution in [1.29, 1.82) is 0 Å². The summed E-state index contributed by atoms with van der Waals surface area (Å²) in [7, 11) is 0. The predicted octanol–water partition coefficient (Wildman–Crippen LogP) is 4.42. The molecule has 2 heterocycles. The van der Waals surface area contributed by atoms with Crippen molar-refractivity contribution in [2.24, 2.45) is 0 Å². The number of aromatic nitrogens is 2. The van der Waals surface area contributed by atoms with E-state index in [2.05, 4.69) is 39.3 Å². The van der Waals surface area contributed by atoms with Crippen LogP contribution in [0.5, 0.6) is 0 Å². The average molecular weight is 449 g/mol. The van der Waals surface area contributed by atoms with E-state index in [4.69, 9.17) is 4.52 Å². The third-order valence-electron chi connectivity index (χ3n) is 6.76. The molecular weight excluding hydrogens is 419 g/mol. The van der Waals surface area contributed by atoms with E-state index >= 15 is 0 Å². The smallest absolute Gasteiger partial charge is 0.230 e. The summed E-state index contributed by atoms with van der Waals surface area (Å²) < 4.78 is 18.6. The van der Waals surface area contributed by atoms with Gasteiger partial charge >= 0.3 is 0 Å². The maximum atomic E-state index is 13.1. The minimum atomic E-state index is -0.279. The second-order valence-electron chi connectivity index (χ2n) is 9.09. The highest BCUT2D eigenvalue weighted by Gasteiger charge is 2.24. The van der Waals surface area contributed by atoms with Crippen LogP contribution in [0, 0.1) is 5.82 Å². The fourth-order valence-corrected chi connectivity index (χ4v) is 4.75. The van der Waals surface area contributed by atoms with E-state index in [9.17, 15) is 9.18 Å². The van der Waals surface area contributed by atoms with Gasteiger partial charge in [-0.15, -0.1) is 0 Å². The van der Waals surface area contributed by atoms with Crippen molar-refractivity contribution in [3.63, 3.8) is 0 Å². The van der Waals surface area contributed by atoms with Crippen LogP contribution >= 0.6 is 0 Å². The zero-order chi connectivity index (χ0) is 22.6. The Kier molecular flexibility index (Phi) is 6.48. The topological polar surface area (TPSA) is 62.5 Å². The first kappa shape index (κ1) is 21.8. The van der Waals surface area contributed by atoms with Crippen LogP contribution in [0.15, 0.2) is 53.1 Å². The van der Waals surface area contributed by atoms with Gasteiger partial charge in [0.25, 0.3) is 0 Å². The molecule has 1 saturated carbocycles. The molecule has 6 nitrogen and oxygen atoms in total. The van der Waals surface area contributed by atoms with Crippen LogP contribution in [-0.4, -0.2) is 52.0 Å². The molecule has 1 aliphatic heterocycles. The fourth-order valence-electron chi connectivity index (χ4n) is 4.75. The van der Waals surface area contributed by atoms with Gasteiger partial charge in [0, 0.05) is 44.2 Å². The lowest BCUT2D eigenvalue weighted by atomic mass is 10.1. The SMILES string of the molecule is O=C(Cc1ccc(F)cc1)N1CCN(Cc2ccc(-c3noc(C4CCCC4)n3)cc2)CC1. The Morgan fingerprint density at radius 1 is 0.939 bits per heavy atom. The van der Waals surface area contributed by atoms with Crippen LogP contribution in [0.1, 0.15) is 48.6 Å². The first-order valence-corrected chi connectivity index (χ1v) is 11.8. The minimum Gasteiger partial charge on any atom is -0.340 e. The first-order valence-electron chi connectivity index (χ1n) is 11.8. The standard InChI is InChI=1S/C26H29FN4O2/c27-23-11-7-19(8-12-23)17-24(32)31-15-13-30(14-16-31)18-20-5-9-21(10-6-20)25-28-26(33-29-25)22-3-1-2-4-22/h5-12,22H,1-4,13-18H2. The van der Waals surface area contributed by atoms with Gasteiger partial charge < -0.3 is 9.42 Å². The van der Waals surface area contributed by atoms with E-state index in [0.29, 0.717) is 31.3 Å². The van der Waals surface area contributed by atoms with Gasteiger partial charge in [0.2, 0.25) is 17.6 Å². The van der Waals surface area contributed by atoms with Crippen molar-refractivity contribution < 1.29 is 13.7 Å². The molecule has 1 amide bonds. The lowest BCUT2D eigenvalue weighted by Gasteiger charge is -2.34. The minimum absolute atomic E-state index is 0.0997. The molecule has 0 atom stereocenters. The van der Waals surface area contributed by atoms with Gasteiger partial charge in [-0.05, 0) is 36.1 Å². The van der Waals surface area contributed by atoms with Crippen molar-refractivity contribution in [3.8, 4) is 11.4 Å². The molecule has 0 radical (unpaired) electrons. The van der Waals surface area contributed by atoms with E-state index in [1.165, 1.54) is 30.5 Å². The molecule has 2 aliphatic rings. The van der Waals surface area contributed by atoms with Crippen LogP contribution in [0.3, 0.4) is 0 Å². The average Bonchev–Trinajstić information content (AvgIpc) is 3.54. The van der Waals surface area contributed by atoms with Crippen molar-refractivity contribution in [3.05, 3.63) is 71.4 Å². The number of carbonyl (C=O) groups excluding carboxylic acids is 1. The van der Waals surface area contributed by atoms with E-state index < -0.39 is 0 Å². The zero-order valence-electron chi connectivity index (χ0n) is 18.8. The number of nitrogens with zero attached hydrogens (tertiary/aromatic N) is 4. The quantitative estimate of drug-likeness (QED) is 0.559. The number of carbonyl (C=O) groups is 1. The van der Waals surface area contributed by atoms with Crippen molar-refractivity contribution in [2.75, 3.05) is 26.2 Å². The Balaban J connectivity index is 1.11. The van der Waals surface area contributed by atoms with Crippen molar-refractivity contribution >= 4 is 5.91 Å². The summed E-state index contributed by atoms with van der Waals surface area (Å²) in [6.45, 7) is 3.95. The molecule has 7 heteroatoms. The van der Waals surface area contributed by atoms with E-state index in [-0.39, 0.29) is 11.7 Å². The van der Waals surface area contributed by atoms with Gasteiger partial charge in [0.1, 0.15) is 5.82 Å². The number of hydrogen-bond donors (Lipinski definition) is 0. The second kappa shape index (κ2) is 9.83. The van der Waals surface area contributed by atoms with Gasteiger partial charge in [-0.1, -0.05) is 54.4 Å². The normalized spacial score (nSPS) is 17.5. The van der Waals surface area contributed by atoms with Gasteiger partial charge in [-0.3, -0.25) is 9.69 Å². The summed E-state index contributed by atoms with van der Waals surface area (Å²) in [4.78, 5) is 21.5.